The summed E-state index contributed by atoms with van der Waals surface area (Å²) in [6.45, 7) is 1.34. The van der Waals surface area contributed by atoms with Gasteiger partial charge in [0.25, 0.3) is 0 Å². The molecule has 0 saturated carbocycles. The molecule has 32 heavy (non-hydrogen) atoms. The van der Waals surface area contributed by atoms with E-state index in [1.54, 1.807) is 23.5 Å². The number of hydrogen-bond donors (Lipinski definition) is 6. The highest BCUT2D eigenvalue weighted by atomic mass is 32.1. The first-order valence-corrected chi connectivity index (χ1v) is 11.6. The van der Waals surface area contributed by atoms with Crippen LogP contribution < -0.4 is 0 Å². The molecule has 7 atom stereocenters. The van der Waals surface area contributed by atoms with E-state index in [0.717, 1.165) is 27.3 Å². The first-order chi connectivity index (χ1) is 15.2. The zero-order valence-electron chi connectivity index (χ0n) is 17.9. The second-order valence-corrected chi connectivity index (χ2v) is 9.71. The molecule has 0 bridgehead atoms. The van der Waals surface area contributed by atoms with Gasteiger partial charge in [0.1, 0.15) is 30.2 Å². The lowest BCUT2D eigenvalue weighted by Gasteiger charge is -2.34. The smallest absolute Gasteiger partial charge is 0.123 e. The number of allylic oxidation sites excluding steroid dienone is 1. The normalized spacial score (nSPS) is 23.8. The average Bonchev–Trinajstić information content (AvgIpc) is 3.26. The third-order valence-electron chi connectivity index (χ3n) is 6.23. The van der Waals surface area contributed by atoms with Crippen LogP contribution in [-0.4, -0.2) is 67.8 Å². The van der Waals surface area contributed by atoms with Crippen LogP contribution in [0.2, 0.25) is 0 Å². The van der Waals surface area contributed by atoms with Crippen molar-refractivity contribution >= 4 is 11.3 Å². The second kappa shape index (κ2) is 11.0. The Balaban J connectivity index is 1.70. The van der Waals surface area contributed by atoms with Crippen LogP contribution in [-0.2, 0) is 6.42 Å². The van der Waals surface area contributed by atoms with Crippen LogP contribution in [0, 0.1) is 17.7 Å². The molecule has 2 aromatic rings. The van der Waals surface area contributed by atoms with E-state index in [2.05, 4.69) is 6.92 Å². The zero-order chi connectivity index (χ0) is 23.4. The molecule has 1 aromatic heterocycles. The molecule has 8 heteroatoms. The van der Waals surface area contributed by atoms with Crippen molar-refractivity contribution in [2.75, 3.05) is 6.61 Å². The van der Waals surface area contributed by atoms with Crippen LogP contribution >= 0.6 is 11.3 Å². The number of rotatable bonds is 9. The molecule has 6 N–H and O–H groups in total. The molecule has 0 saturated heterocycles. The predicted octanol–water partition coefficient (Wildman–Crippen LogP) is 1.87. The monoisotopic (exact) mass is 466 g/mol. The van der Waals surface area contributed by atoms with Gasteiger partial charge in [0.15, 0.2) is 0 Å². The van der Waals surface area contributed by atoms with Crippen molar-refractivity contribution < 1.29 is 35.0 Å². The molecule has 0 fully saturated rings. The topological polar surface area (TPSA) is 121 Å². The van der Waals surface area contributed by atoms with Crippen molar-refractivity contribution in [3.05, 3.63) is 58.7 Å². The summed E-state index contributed by atoms with van der Waals surface area (Å²) in [6, 6.07) is 10.4. The van der Waals surface area contributed by atoms with Crippen molar-refractivity contribution in [2.24, 2.45) is 11.8 Å². The lowest BCUT2D eigenvalue weighted by atomic mass is 9.77. The summed E-state index contributed by atoms with van der Waals surface area (Å²) < 4.78 is 13.2. The molecule has 1 heterocycles. The zero-order valence-corrected chi connectivity index (χ0v) is 18.7. The Morgan fingerprint density at radius 1 is 0.938 bits per heavy atom. The molecule has 3 rings (SSSR count). The number of hydrogen-bond acceptors (Lipinski definition) is 7. The average molecular weight is 467 g/mol. The molecule has 0 aliphatic heterocycles. The number of thiophene rings is 1. The van der Waals surface area contributed by atoms with E-state index in [-0.39, 0.29) is 5.82 Å². The van der Waals surface area contributed by atoms with E-state index in [1.807, 2.05) is 18.2 Å². The van der Waals surface area contributed by atoms with Gasteiger partial charge in [0, 0.05) is 22.1 Å². The van der Waals surface area contributed by atoms with E-state index in [4.69, 9.17) is 5.11 Å². The van der Waals surface area contributed by atoms with Crippen LogP contribution in [0.5, 0.6) is 0 Å². The first kappa shape index (κ1) is 25.0. The Morgan fingerprint density at radius 2 is 1.62 bits per heavy atom. The molecular formula is C24H31FO6S. The molecule has 1 aliphatic rings. The summed E-state index contributed by atoms with van der Waals surface area (Å²) in [5.41, 5.74) is 2.06. The van der Waals surface area contributed by atoms with E-state index < -0.39 is 43.0 Å². The van der Waals surface area contributed by atoms with Gasteiger partial charge in [-0.3, -0.25) is 0 Å². The van der Waals surface area contributed by atoms with Crippen molar-refractivity contribution in [1.82, 2.24) is 0 Å². The summed E-state index contributed by atoms with van der Waals surface area (Å²) in [6.07, 6.45) is -4.15. The molecule has 6 nitrogen and oxygen atoms in total. The summed E-state index contributed by atoms with van der Waals surface area (Å²) in [7, 11) is 0. The predicted molar refractivity (Wildman–Crippen MR) is 121 cm³/mol. The minimum Gasteiger partial charge on any atom is -0.394 e. The van der Waals surface area contributed by atoms with Crippen molar-refractivity contribution in [3.8, 4) is 10.4 Å². The van der Waals surface area contributed by atoms with Crippen LogP contribution in [0.25, 0.3) is 10.4 Å². The van der Waals surface area contributed by atoms with Gasteiger partial charge in [-0.15, -0.1) is 11.3 Å². The van der Waals surface area contributed by atoms with Crippen LogP contribution in [0.1, 0.15) is 24.6 Å². The van der Waals surface area contributed by atoms with Crippen LogP contribution in [0.3, 0.4) is 0 Å². The quantitative estimate of drug-likeness (QED) is 0.314. The number of halogens is 1. The maximum absolute atomic E-state index is 13.2. The van der Waals surface area contributed by atoms with E-state index in [1.165, 1.54) is 12.1 Å². The third kappa shape index (κ3) is 5.82. The Kier molecular flexibility index (Phi) is 8.57. The second-order valence-electron chi connectivity index (χ2n) is 8.55. The van der Waals surface area contributed by atoms with Gasteiger partial charge in [-0.1, -0.05) is 30.7 Å². The lowest BCUT2D eigenvalue weighted by molar-refractivity contribution is -0.146. The summed E-state index contributed by atoms with van der Waals surface area (Å²) in [5.74, 6) is -0.401. The molecule has 1 aromatic carbocycles. The molecule has 0 amide bonds. The fourth-order valence-corrected chi connectivity index (χ4v) is 5.14. The van der Waals surface area contributed by atoms with Gasteiger partial charge in [-0.2, -0.15) is 0 Å². The molecular weight excluding hydrogens is 435 g/mol. The van der Waals surface area contributed by atoms with E-state index >= 15 is 0 Å². The highest BCUT2D eigenvalue weighted by Crippen LogP contribution is 2.36. The Labute approximate surface area is 190 Å². The molecule has 1 aliphatic carbocycles. The van der Waals surface area contributed by atoms with Gasteiger partial charge >= 0.3 is 0 Å². The van der Waals surface area contributed by atoms with Gasteiger partial charge in [-0.05, 0) is 48.6 Å². The minimum atomic E-state index is -1.79. The summed E-state index contributed by atoms with van der Waals surface area (Å²) in [4.78, 5) is 2.16. The van der Waals surface area contributed by atoms with Gasteiger partial charge in [-0.25, -0.2) is 4.39 Å². The van der Waals surface area contributed by atoms with E-state index in [9.17, 15) is 29.9 Å². The maximum atomic E-state index is 13.2. The highest BCUT2D eigenvalue weighted by Gasteiger charge is 2.38. The fraction of sp³-hybridized carbons (Fsp3) is 0.500. The van der Waals surface area contributed by atoms with Crippen LogP contribution in [0.4, 0.5) is 4.39 Å². The van der Waals surface area contributed by atoms with E-state index in [0.29, 0.717) is 18.8 Å². The van der Waals surface area contributed by atoms with Gasteiger partial charge < -0.3 is 30.6 Å². The van der Waals surface area contributed by atoms with Crippen molar-refractivity contribution in [3.63, 3.8) is 0 Å². The standard InChI is InChI=1S/C24H31FO6S/c1-13-2-3-15(21(28)23(30)24(31)22(29)19(27)12-26)10-16(13)11-18-8-9-20(32-18)14-4-6-17(25)7-5-14/h4-10,13,15,19,21-24,26-31H,2-3,11-12H2,1H3/t13?,15?,19-,21+,22-,23+,24+/m1/s1. The lowest BCUT2D eigenvalue weighted by Crippen LogP contribution is -2.51. The molecule has 0 spiro atoms. The summed E-state index contributed by atoms with van der Waals surface area (Å²) in [5, 5.41) is 59.3. The van der Waals surface area contributed by atoms with Crippen LogP contribution in [0.15, 0.2) is 48.0 Å². The largest absolute Gasteiger partial charge is 0.394 e. The Morgan fingerprint density at radius 3 is 2.28 bits per heavy atom. The molecule has 2 unspecified atom stereocenters. The van der Waals surface area contributed by atoms with Crippen molar-refractivity contribution in [2.45, 2.75) is 56.7 Å². The number of aliphatic hydroxyl groups is 6. The Bertz CT molecular complexity index is 898. The van der Waals surface area contributed by atoms with Gasteiger partial charge in [0.2, 0.25) is 0 Å². The number of benzene rings is 1. The molecule has 0 radical (unpaired) electrons. The minimum absolute atomic E-state index is 0.276. The van der Waals surface area contributed by atoms with Gasteiger partial charge in [0.05, 0.1) is 12.7 Å². The Hall–Kier alpha value is -1.65. The first-order valence-electron chi connectivity index (χ1n) is 10.8. The highest BCUT2D eigenvalue weighted by molar-refractivity contribution is 7.15. The summed E-state index contributed by atoms with van der Waals surface area (Å²) >= 11 is 1.62. The SMILES string of the molecule is CC1CCC([C@H](O)[C@H](O)[C@@H](O)[C@H](O)[C@H](O)CO)C=C1Cc1ccc(-c2ccc(F)cc2)s1. The third-order valence-corrected chi connectivity index (χ3v) is 7.37. The number of aliphatic hydroxyl groups excluding tert-OH is 6. The maximum Gasteiger partial charge on any atom is 0.123 e. The fourth-order valence-electron chi connectivity index (χ4n) is 4.09. The van der Waals surface area contributed by atoms with Crippen molar-refractivity contribution in [1.29, 1.82) is 0 Å². The molecule has 176 valence electrons.